The molecule has 1 aromatic rings. The van der Waals surface area contributed by atoms with E-state index in [0.29, 0.717) is 0 Å². The highest BCUT2D eigenvalue weighted by atomic mass is 79.9. The lowest BCUT2D eigenvalue weighted by molar-refractivity contribution is -0.386. The van der Waals surface area contributed by atoms with Crippen LogP contribution in [0.2, 0.25) is 0 Å². The minimum atomic E-state index is -0.900. The predicted octanol–water partition coefficient (Wildman–Crippen LogP) is 2.50. The van der Waals surface area contributed by atoms with Crippen LogP contribution < -0.4 is 0 Å². The zero-order valence-electron chi connectivity index (χ0n) is 6.74. The third-order valence-electron chi connectivity index (χ3n) is 1.34. The zero-order chi connectivity index (χ0) is 10.9. The van der Waals surface area contributed by atoms with Gasteiger partial charge < -0.3 is 9.15 Å². The molecule has 0 atom stereocenters. The first-order valence-electron chi connectivity index (χ1n) is 3.19. The predicted molar refractivity (Wildman–Crippen MR) is 52.1 cm³/mol. The van der Waals surface area contributed by atoms with Crippen molar-refractivity contribution in [1.82, 2.24) is 0 Å². The van der Waals surface area contributed by atoms with Gasteiger partial charge in [-0.25, -0.2) is 4.79 Å². The number of carbonyl (C=O) groups excluding carboxylic acids is 1. The van der Waals surface area contributed by atoms with Crippen LogP contribution in [-0.2, 0) is 4.74 Å². The molecular formula is C6H3Br2NO5. The van der Waals surface area contributed by atoms with E-state index in [1.165, 1.54) is 0 Å². The molecule has 1 heterocycles. The Hall–Kier alpha value is -0.890. The summed E-state index contributed by atoms with van der Waals surface area (Å²) >= 11 is 5.82. The van der Waals surface area contributed by atoms with Gasteiger partial charge in [0.15, 0.2) is 4.67 Å². The van der Waals surface area contributed by atoms with Crippen LogP contribution in [0.3, 0.4) is 0 Å². The van der Waals surface area contributed by atoms with E-state index in [1.54, 1.807) is 0 Å². The standard InChI is InChI=1S/C6H3Br2NO5/c1-13-6(10)4-3(9(11)12)2(7)5(8)14-4/h1H3. The maximum atomic E-state index is 11.0. The average Bonchev–Trinajstić information content (AvgIpc) is 2.42. The van der Waals surface area contributed by atoms with Crippen LogP contribution in [-0.4, -0.2) is 18.0 Å². The number of nitro groups is 1. The lowest BCUT2D eigenvalue weighted by Gasteiger charge is -1.92. The van der Waals surface area contributed by atoms with Gasteiger partial charge in [0.2, 0.25) is 0 Å². The van der Waals surface area contributed by atoms with Crippen molar-refractivity contribution in [3.8, 4) is 0 Å². The quantitative estimate of drug-likeness (QED) is 0.473. The van der Waals surface area contributed by atoms with Gasteiger partial charge >= 0.3 is 11.7 Å². The summed E-state index contributed by atoms with van der Waals surface area (Å²) in [5, 5.41) is 10.6. The van der Waals surface area contributed by atoms with Crippen LogP contribution >= 0.6 is 31.9 Å². The van der Waals surface area contributed by atoms with Crippen molar-refractivity contribution in [3.05, 3.63) is 25.0 Å². The van der Waals surface area contributed by atoms with E-state index < -0.39 is 22.3 Å². The number of methoxy groups -OCH3 is 1. The van der Waals surface area contributed by atoms with Crippen LogP contribution in [0.5, 0.6) is 0 Å². The Bertz CT molecular complexity index is 399. The van der Waals surface area contributed by atoms with Crippen LogP contribution in [0.4, 0.5) is 5.69 Å². The number of esters is 1. The van der Waals surface area contributed by atoms with Crippen molar-refractivity contribution in [1.29, 1.82) is 0 Å². The van der Waals surface area contributed by atoms with E-state index in [4.69, 9.17) is 4.42 Å². The number of hydrogen-bond acceptors (Lipinski definition) is 5. The Morgan fingerprint density at radius 2 is 2.14 bits per heavy atom. The van der Waals surface area contributed by atoms with E-state index in [-0.39, 0.29) is 9.14 Å². The Balaban J connectivity index is 3.36. The Labute approximate surface area is 94.6 Å². The van der Waals surface area contributed by atoms with Gasteiger partial charge in [-0.2, -0.15) is 0 Å². The van der Waals surface area contributed by atoms with Gasteiger partial charge in [0.25, 0.3) is 5.76 Å². The fourth-order valence-electron chi connectivity index (χ4n) is 0.770. The summed E-state index contributed by atoms with van der Waals surface area (Å²) in [7, 11) is 1.11. The lowest BCUT2D eigenvalue weighted by atomic mass is 10.4. The molecule has 8 heteroatoms. The van der Waals surface area contributed by atoms with Gasteiger partial charge in [0.1, 0.15) is 4.47 Å². The number of ether oxygens (including phenoxy) is 1. The number of carbonyl (C=O) groups is 1. The van der Waals surface area contributed by atoms with Gasteiger partial charge in [0.05, 0.1) is 12.0 Å². The molecule has 0 aromatic carbocycles. The topological polar surface area (TPSA) is 82.6 Å². The van der Waals surface area contributed by atoms with Gasteiger partial charge in [-0.05, 0) is 31.9 Å². The monoisotopic (exact) mass is 327 g/mol. The summed E-state index contributed by atoms with van der Waals surface area (Å²) in [6.07, 6.45) is 0. The van der Waals surface area contributed by atoms with Crippen molar-refractivity contribution < 1.29 is 18.9 Å². The van der Waals surface area contributed by atoms with Crippen molar-refractivity contribution in [2.75, 3.05) is 7.11 Å². The first-order chi connectivity index (χ1) is 6.49. The minimum Gasteiger partial charge on any atom is -0.463 e. The van der Waals surface area contributed by atoms with Gasteiger partial charge in [-0.3, -0.25) is 10.1 Å². The van der Waals surface area contributed by atoms with E-state index in [9.17, 15) is 14.9 Å². The molecule has 0 bridgehead atoms. The van der Waals surface area contributed by atoms with E-state index in [2.05, 4.69) is 36.6 Å². The molecule has 1 aromatic heterocycles. The highest BCUT2D eigenvalue weighted by Crippen LogP contribution is 2.38. The molecule has 1 rings (SSSR count). The van der Waals surface area contributed by atoms with Crippen LogP contribution in [0.25, 0.3) is 0 Å². The second kappa shape index (κ2) is 4.09. The Kier molecular flexibility index (Phi) is 3.27. The summed E-state index contributed by atoms with van der Waals surface area (Å²) in [6, 6.07) is 0. The van der Waals surface area contributed by atoms with Gasteiger partial charge in [-0.15, -0.1) is 0 Å². The molecule has 0 aliphatic heterocycles. The lowest BCUT2D eigenvalue weighted by Crippen LogP contribution is -2.03. The Morgan fingerprint density at radius 1 is 1.57 bits per heavy atom. The van der Waals surface area contributed by atoms with Crippen molar-refractivity contribution in [2.24, 2.45) is 0 Å². The van der Waals surface area contributed by atoms with Crippen molar-refractivity contribution in [2.45, 2.75) is 0 Å². The molecular weight excluding hydrogens is 326 g/mol. The van der Waals surface area contributed by atoms with Gasteiger partial charge in [0, 0.05) is 0 Å². The molecule has 0 radical (unpaired) electrons. The molecule has 0 aliphatic carbocycles. The minimum absolute atomic E-state index is 0.0721. The molecule has 0 saturated carbocycles. The zero-order valence-corrected chi connectivity index (χ0v) is 9.92. The second-order valence-corrected chi connectivity index (χ2v) is 3.63. The van der Waals surface area contributed by atoms with E-state index in [1.807, 2.05) is 0 Å². The molecule has 0 aliphatic rings. The normalized spacial score (nSPS) is 9.93. The van der Waals surface area contributed by atoms with Crippen molar-refractivity contribution in [3.63, 3.8) is 0 Å². The molecule has 14 heavy (non-hydrogen) atoms. The van der Waals surface area contributed by atoms with E-state index >= 15 is 0 Å². The van der Waals surface area contributed by atoms with Crippen LogP contribution in [0, 0.1) is 10.1 Å². The summed E-state index contributed by atoms with van der Waals surface area (Å²) in [6.45, 7) is 0. The maximum absolute atomic E-state index is 11.0. The smallest absolute Gasteiger partial charge is 0.381 e. The van der Waals surface area contributed by atoms with Crippen LogP contribution in [0.1, 0.15) is 10.6 Å². The molecule has 0 unspecified atom stereocenters. The third kappa shape index (κ3) is 1.80. The highest BCUT2D eigenvalue weighted by molar-refractivity contribution is 9.13. The summed E-state index contributed by atoms with van der Waals surface area (Å²) in [5.41, 5.74) is -0.455. The molecule has 0 N–H and O–H groups in total. The summed E-state index contributed by atoms with van der Waals surface area (Å²) in [4.78, 5) is 20.9. The molecule has 0 saturated heterocycles. The van der Waals surface area contributed by atoms with Crippen molar-refractivity contribution >= 4 is 43.5 Å². The fraction of sp³-hybridized carbons (Fsp3) is 0.167. The molecule has 76 valence electrons. The fourth-order valence-corrected chi connectivity index (χ4v) is 1.53. The summed E-state index contributed by atoms with van der Waals surface area (Å²) in [5.74, 6) is -1.35. The molecule has 0 amide bonds. The number of hydrogen-bond donors (Lipinski definition) is 0. The number of rotatable bonds is 2. The first kappa shape index (κ1) is 11.2. The third-order valence-corrected chi connectivity index (χ3v) is 3.17. The number of halogens is 2. The SMILES string of the molecule is COC(=O)c1oc(Br)c(Br)c1[N+](=O)[O-]. The number of nitrogens with zero attached hydrogens (tertiary/aromatic N) is 1. The second-order valence-electron chi connectivity index (χ2n) is 2.12. The first-order valence-corrected chi connectivity index (χ1v) is 4.78. The number of furan rings is 1. The largest absolute Gasteiger partial charge is 0.463 e. The molecule has 6 nitrogen and oxygen atoms in total. The molecule has 0 fully saturated rings. The van der Waals surface area contributed by atoms with E-state index in [0.717, 1.165) is 7.11 Å². The highest BCUT2D eigenvalue weighted by Gasteiger charge is 2.32. The molecule has 0 spiro atoms. The maximum Gasteiger partial charge on any atom is 0.381 e. The average molecular weight is 329 g/mol. The van der Waals surface area contributed by atoms with Gasteiger partial charge in [-0.1, -0.05) is 0 Å². The summed E-state index contributed by atoms with van der Waals surface area (Å²) < 4.78 is 9.28. The Morgan fingerprint density at radius 3 is 2.57 bits per heavy atom. The van der Waals surface area contributed by atoms with Crippen LogP contribution in [0.15, 0.2) is 13.6 Å².